The third-order valence-corrected chi connectivity index (χ3v) is 1.74. The van der Waals surface area contributed by atoms with Gasteiger partial charge < -0.3 is 5.73 Å². The molecule has 64 valence electrons. The minimum absolute atomic E-state index is 0. The van der Waals surface area contributed by atoms with Gasteiger partial charge in [0, 0.05) is 6.54 Å². The van der Waals surface area contributed by atoms with Crippen LogP contribution in [0.3, 0.4) is 0 Å². The van der Waals surface area contributed by atoms with Crippen molar-refractivity contribution in [1.29, 1.82) is 0 Å². The Kier molecular flexibility index (Phi) is 3.39. The van der Waals surface area contributed by atoms with E-state index in [4.69, 9.17) is 5.73 Å². The summed E-state index contributed by atoms with van der Waals surface area (Å²) in [5, 5.41) is 4.22. The van der Waals surface area contributed by atoms with Crippen molar-refractivity contribution in [3.05, 3.63) is 11.4 Å². The Morgan fingerprint density at radius 1 is 1.45 bits per heavy atom. The normalized spacial score (nSPS) is 9.36. The lowest BCUT2D eigenvalue weighted by atomic mass is 10.3. The molecule has 0 aliphatic heterocycles. The predicted molar refractivity (Wildman–Crippen MR) is 49.0 cm³/mol. The summed E-state index contributed by atoms with van der Waals surface area (Å²) in [6.07, 6.45) is 0. The van der Waals surface area contributed by atoms with Crippen molar-refractivity contribution in [1.82, 2.24) is 9.78 Å². The third-order valence-electron chi connectivity index (χ3n) is 1.74. The van der Waals surface area contributed by atoms with Crippen LogP contribution in [0, 0.1) is 13.8 Å². The molecule has 0 saturated carbocycles. The highest BCUT2D eigenvalue weighted by molar-refractivity contribution is 5.85. The Balaban J connectivity index is 0.000001000. The first kappa shape index (κ1) is 10.3. The van der Waals surface area contributed by atoms with Crippen LogP contribution in [0.25, 0.3) is 0 Å². The largest absolute Gasteiger partial charge is 0.396 e. The number of aryl methyl sites for hydroxylation is 2. The highest BCUT2D eigenvalue weighted by Crippen LogP contribution is 2.13. The molecule has 0 spiro atoms. The molecule has 0 bridgehead atoms. The van der Waals surface area contributed by atoms with E-state index in [0.29, 0.717) is 0 Å². The zero-order valence-electron chi connectivity index (χ0n) is 7.09. The first-order chi connectivity index (χ1) is 4.66. The summed E-state index contributed by atoms with van der Waals surface area (Å²) in [5.74, 6) is 0. The number of anilines is 1. The first-order valence-corrected chi connectivity index (χ1v) is 3.46. The molecular formula is C7H14ClN3. The molecule has 4 heteroatoms. The van der Waals surface area contributed by atoms with E-state index in [0.717, 1.165) is 23.6 Å². The summed E-state index contributed by atoms with van der Waals surface area (Å²) >= 11 is 0. The molecule has 0 amide bonds. The second-order valence-corrected chi connectivity index (χ2v) is 2.40. The average molecular weight is 176 g/mol. The van der Waals surface area contributed by atoms with Crippen LogP contribution in [0.15, 0.2) is 0 Å². The smallest absolute Gasteiger partial charge is 0.0825 e. The summed E-state index contributed by atoms with van der Waals surface area (Å²) in [6.45, 7) is 6.86. The van der Waals surface area contributed by atoms with Crippen LogP contribution < -0.4 is 5.73 Å². The minimum atomic E-state index is 0. The van der Waals surface area contributed by atoms with Crippen LogP contribution in [0.2, 0.25) is 0 Å². The Morgan fingerprint density at radius 3 is 2.18 bits per heavy atom. The molecule has 0 aliphatic rings. The Hall–Kier alpha value is -0.700. The topological polar surface area (TPSA) is 43.8 Å². The van der Waals surface area contributed by atoms with E-state index in [-0.39, 0.29) is 12.4 Å². The molecule has 0 aliphatic carbocycles. The van der Waals surface area contributed by atoms with Crippen LogP contribution in [0.5, 0.6) is 0 Å². The molecule has 0 saturated heterocycles. The number of aromatic nitrogens is 2. The number of nitrogen functional groups attached to an aromatic ring is 1. The highest BCUT2D eigenvalue weighted by Gasteiger charge is 2.04. The molecule has 0 atom stereocenters. The van der Waals surface area contributed by atoms with Gasteiger partial charge in [-0.05, 0) is 20.8 Å². The van der Waals surface area contributed by atoms with Crippen LogP contribution in [0.4, 0.5) is 5.69 Å². The van der Waals surface area contributed by atoms with Crippen LogP contribution in [-0.2, 0) is 6.54 Å². The molecule has 1 rings (SSSR count). The van der Waals surface area contributed by atoms with Crippen molar-refractivity contribution in [3.8, 4) is 0 Å². The molecule has 3 nitrogen and oxygen atoms in total. The molecule has 2 N–H and O–H groups in total. The fraction of sp³-hybridized carbons (Fsp3) is 0.571. The average Bonchev–Trinajstić information content (AvgIpc) is 2.17. The van der Waals surface area contributed by atoms with E-state index in [1.807, 2.05) is 18.5 Å². The summed E-state index contributed by atoms with van der Waals surface area (Å²) in [5.41, 5.74) is 8.52. The van der Waals surface area contributed by atoms with Crippen molar-refractivity contribution in [3.63, 3.8) is 0 Å². The Labute approximate surface area is 73.0 Å². The van der Waals surface area contributed by atoms with Gasteiger partial charge in [0.05, 0.1) is 17.1 Å². The van der Waals surface area contributed by atoms with Crippen molar-refractivity contribution in [2.24, 2.45) is 0 Å². The first-order valence-electron chi connectivity index (χ1n) is 3.46. The van der Waals surface area contributed by atoms with Gasteiger partial charge in [0.2, 0.25) is 0 Å². The van der Waals surface area contributed by atoms with Crippen LogP contribution >= 0.6 is 12.4 Å². The molecule has 0 radical (unpaired) electrons. The summed E-state index contributed by atoms with van der Waals surface area (Å²) in [6, 6.07) is 0. The molecule has 0 unspecified atom stereocenters. The number of hydrogen-bond donors (Lipinski definition) is 1. The number of hydrogen-bond acceptors (Lipinski definition) is 2. The quantitative estimate of drug-likeness (QED) is 0.704. The maximum absolute atomic E-state index is 5.69. The zero-order chi connectivity index (χ0) is 7.72. The number of rotatable bonds is 1. The van der Waals surface area contributed by atoms with Crippen LogP contribution in [-0.4, -0.2) is 9.78 Å². The van der Waals surface area contributed by atoms with Crippen molar-refractivity contribution >= 4 is 18.1 Å². The molecule has 0 aromatic carbocycles. The van der Waals surface area contributed by atoms with Gasteiger partial charge >= 0.3 is 0 Å². The van der Waals surface area contributed by atoms with Gasteiger partial charge in [-0.15, -0.1) is 12.4 Å². The number of nitrogens with zero attached hydrogens (tertiary/aromatic N) is 2. The standard InChI is InChI=1S/C7H13N3.ClH/c1-4-10-6(3)7(8)5(2)9-10;/h4,8H2,1-3H3;1H. The maximum Gasteiger partial charge on any atom is 0.0825 e. The lowest BCUT2D eigenvalue weighted by Crippen LogP contribution is -1.99. The molecular weight excluding hydrogens is 162 g/mol. The lowest BCUT2D eigenvalue weighted by molar-refractivity contribution is 0.634. The SMILES string of the molecule is CCn1nc(C)c(N)c1C.Cl. The number of nitrogens with two attached hydrogens (primary N) is 1. The van der Waals surface area contributed by atoms with E-state index in [2.05, 4.69) is 12.0 Å². The van der Waals surface area contributed by atoms with E-state index < -0.39 is 0 Å². The third kappa shape index (κ3) is 1.66. The number of halogens is 1. The molecule has 1 heterocycles. The van der Waals surface area contributed by atoms with Crippen molar-refractivity contribution < 1.29 is 0 Å². The van der Waals surface area contributed by atoms with E-state index >= 15 is 0 Å². The van der Waals surface area contributed by atoms with Crippen molar-refractivity contribution in [2.75, 3.05) is 5.73 Å². The van der Waals surface area contributed by atoms with Gasteiger partial charge in [0.25, 0.3) is 0 Å². The van der Waals surface area contributed by atoms with Crippen LogP contribution in [0.1, 0.15) is 18.3 Å². The lowest BCUT2D eigenvalue weighted by Gasteiger charge is -1.96. The van der Waals surface area contributed by atoms with Gasteiger partial charge in [-0.3, -0.25) is 4.68 Å². The molecule has 1 aromatic rings. The van der Waals surface area contributed by atoms with Gasteiger partial charge in [-0.2, -0.15) is 5.10 Å². The second kappa shape index (κ2) is 3.62. The zero-order valence-corrected chi connectivity index (χ0v) is 7.90. The minimum Gasteiger partial charge on any atom is -0.396 e. The molecule has 11 heavy (non-hydrogen) atoms. The highest BCUT2D eigenvalue weighted by atomic mass is 35.5. The Bertz CT molecular complexity index is 242. The Morgan fingerprint density at radius 2 is 2.00 bits per heavy atom. The molecule has 1 aromatic heterocycles. The van der Waals surface area contributed by atoms with Crippen molar-refractivity contribution in [2.45, 2.75) is 27.3 Å². The summed E-state index contributed by atoms with van der Waals surface area (Å²) < 4.78 is 1.91. The van der Waals surface area contributed by atoms with E-state index in [1.165, 1.54) is 0 Å². The van der Waals surface area contributed by atoms with E-state index in [9.17, 15) is 0 Å². The summed E-state index contributed by atoms with van der Waals surface area (Å²) in [4.78, 5) is 0. The van der Waals surface area contributed by atoms with E-state index in [1.54, 1.807) is 0 Å². The van der Waals surface area contributed by atoms with Gasteiger partial charge in [0.15, 0.2) is 0 Å². The maximum atomic E-state index is 5.69. The predicted octanol–water partition coefficient (Wildman–Crippen LogP) is 1.52. The van der Waals surface area contributed by atoms with Gasteiger partial charge in [0.1, 0.15) is 0 Å². The second-order valence-electron chi connectivity index (χ2n) is 2.40. The summed E-state index contributed by atoms with van der Waals surface area (Å²) in [7, 11) is 0. The van der Waals surface area contributed by atoms with Gasteiger partial charge in [-0.25, -0.2) is 0 Å². The monoisotopic (exact) mass is 175 g/mol. The fourth-order valence-electron chi connectivity index (χ4n) is 1.02. The molecule has 0 fully saturated rings. The fourth-order valence-corrected chi connectivity index (χ4v) is 1.02. The van der Waals surface area contributed by atoms with Gasteiger partial charge in [-0.1, -0.05) is 0 Å².